The van der Waals surface area contributed by atoms with Crippen LogP contribution in [0.4, 0.5) is 8.78 Å². The summed E-state index contributed by atoms with van der Waals surface area (Å²) in [5.74, 6) is 1.35. The van der Waals surface area contributed by atoms with Crippen molar-refractivity contribution in [1.82, 2.24) is 0 Å². The summed E-state index contributed by atoms with van der Waals surface area (Å²) in [5, 5.41) is 20.9. The van der Waals surface area contributed by atoms with Gasteiger partial charge in [0.25, 0.3) is 0 Å². The molecule has 0 amide bonds. The standard InChI is InChI=1S/C27H42F2O2.C2H6/c1-25-12-10-22-21-8-6-20(30)17-18(21)4-7-23(22)24(25)9-5-19(25)3-2-11-26(31)13-15-27(28,29)16-14-26;1-2/h4,19-24,30-31H,2-3,5-17H2,1H3;1-2H3. The van der Waals surface area contributed by atoms with Gasteiger partial charge in [-0.25, -0.2) is 8.78 Å². The monoisotopic (exact) mass is 466 g/mol. The second-order valence-corrected chi connectivity index (χ2v) is 12.3. The lowest BCUT2D eigenvalue weighted by molar-refractivity contribution is -0.107. The van der Waals surface area contributed by atoms with Gasteiger partial charge in [0.15, 0.2) is 0 Å². The Labute approximate surface area is 200 Å². The van der Waals surface area contributed by atoms with E-state index >= 15 is 0 Å². The lowest BCUT2D eigenvalue weighted by Gasteiger charge is -2.54. The second kappa shape index (κ2) is 9.88. The molecule has 4 saturated carbocycles. The number of fused-ring (bicyclic) bond motifs is 5. The zero-order valence-electron chi connectivity index (χ0n) is 21.3. The Kier molecular flexibility index (Phi) is 7.66. The minimum atomic E-state index is -2.57. The summed E-state index contributed by atoms with van der Waals surface area (Å²) < 4.78 is 27.0. The van der Waals surface area contributed by atoms with E-state index in [2.05, 4.69) is 13.0 Å². The molecule has 0 radical (unpaired) electrons. The summed E-state index contributed by atoms with van der Waals surface area (Å²) in [6.07, 6.45) is 15.0. The van der Waals surface area contributed by atoms with Crippen molar-refractivity contribution in [2.45, 2.75) is 135 Å². The van der Waals surface area contributed by atoms with Crippen LogP contribution >= 0.6 is 0 Å². The third kappa shape index (κ3) is 5.08. The number of hydrogen-bond acceptors (Lipinski definition) is 2. The molecule has 0 aromatic carbocycles. The topological polar surface area (TPSA) is 40.5 Å². The summed E-state index contributed by atoms with van der Waals surface area (Å²) in [7, 11) is 0. The van der Waals surface area contributed by atoms with E-state index in [4.69, 9.17) is 0 Å². The van der Waals surface area contributed by atoms with E-state index in [9.17, 15) is 19.0 Å². The van der Waals surface area contributed by atoms with Crippen molar-refractivity contribution in [2.24, 2.45) is 35.0 Å². The van der Waals surface area contributed by atoms with Crippen molar-refractivity contribution in [3.63, 3.8) is 0 Å². The Hall–Kier alpha value is -0.480. The molecule has 0 saturated heterocycles. The fourth-order valence-electron chi connectivity index (χ4n) is 8.84. The van der Waals surface area contributed by atoms with Crippen LogP contribution in [0.15, 0.2) is 11.6 Å². The first-order valence-electron chi connectivity index (χ1n) is 14.2. The van der Waals surface area contributed by atoms with Crippen LogP contribution in [0.5, 0.6) is 0 Å². The molecular formula is C29H48F2O2. The fraction of sp³-hybridized carbons (Fsp3) is 0.931. The van der Waals surface area contributed by atoms with E-state index in [1.165, 1.54) is 38.5 Å². The minimum absolute atomic E-state index is 0.117. The Balaban J connectivity index is 0.00000126. The molecule has 0 heterocycles. The first-order valence-corrected chi connectivity index (χ1v) is 14.2. The molecule has 5 aliphatic carbocycles. The van der Waals surface area contributed by atoms with Gasteiger partial charge in [0, 0.05) is 12.8 Å². The Morgan fingerprint density at radius 2 is 1.67 bits per heavy atom. The summed E-state index contributed by atoms with van der Waals surface area (Å²) >= 11 is 0. The van der Waals surface area contributed by atoms with E-state index in [-0.39, 0.29) is 31.8 Å². The average molecular weight is 467 g/mol. The Morgan fingerprint density at radius 1 is 0.939 bits per heavy atom. The number of rotatable bonds is 4. The van der Waals surface area contributed by atoms with Crippen molar-refractivity contribution < 1.29 is 19.0 Å². The number of aliphatic hydroxyl groups is 2. The third-order valence-corrected chi connectivity index (χ3v) is 10.7. The van der Waals surface area contributed by atoms with Crippen LogP contribution in [-0.4, -0.2) is 27.8 Å². The van der Waals surface area contributed by atoms with E-state index in [0.29, 0.717) is 11.8 Å². The van der Waals surface area contributed by atoms with Gasteiger partial charge in [-0.1, -0.05) is 38.8 Å². The number of alkyl halides is 2. The van der Waals surface area contributed by atoms with E-state index in [1.807, 2.05) is 13.8 Å². The quantitative estimate of drug-likeness (QED) is 0.417. The first-order chi connectivity index (χ1) is 15.7. The SMILES string of the molecule is CC.CC12CCC3C4CCC(O)CC4=CCC3C1CCC2CCCC1(O)CCC(F)(F)CC1. The molecule has 7 atom stereocenters. The van der Waals surface area contributed by atoms with Gasteiger partial charge in [0.1, 0.15) is 0 Å². The van der Waals surface area contributed by atoms with Gasteiger partial charge >= 0.3 is 0 Å². The average Bonchev–Trinajstić information content (AvgIpc) is 3.13. The fourth-order valence-corrected chi connectivity index (χ4v) is 8.84. The molecule has 5 aliphatic rings. The summed E-state index contributed by atoms with van der Waals surface area (Å²) in [6, 6.07) is 0. The molecule has 4 heteroatoms. The highest BCUT2D eigenvalue weighted by atomic mass is 19.3. The predicted molar refractivity (Wildman–Crippen MR) is 130 cm³/mol. The normalized spacial score (nSPS) is 43.3. The summed E-state index contributed by atoms with van der Waals surface area (Å²) in [6.45, 7) is 6.55. The molecule has 190 valence electrons. The summed E-state index contributed by atoms with van der Waals surface area (Å²) in [5.41, 5.74) is 1.13. The molecule has 7 unspecified atom stereocenters. The number of aliphatic hydroxyl groups excluding tert-OH is 1. The van der Waals surface area contributed by atoms with Crippen LogP contribution in [0.3, 0.4) is 0 Å². The van der Waals surface area contributed by atoms with Crippen LogP contribution in [0.2, 0.25) is 0 Å². The van der Waals surface area contributed by atoms with Gasteiger partial charge < -0.3 is 10.2 Å². The second-order valence-electron chi connectivity index (χ2n) is 12.3. The van der Waals surface area contributed by atoms with E-state index < -0.39 is 11.5 Å². The third-order valence-electron chi connectivity index (χ3n) is 10.7. The molecule has 2 nitrogen and oxygen atoms in total. The molecule has 0 bridgehead atoms. The highest BCUT2D eigenvalue weighted by Gasteiger charge is 2.55. The highest BCUT2D eigenvalue weighted by Crippen LogP contribution is 2.64. The van der Waals surface area contributed by atoms with Gasteiger partial charge in [-0.2, -0.15) is 0 Å². The maximum Gasteiger partial charge on any atom is 0.248 e. The molecule has 0 aromatic rings. The van der Waals surface area contributed by atoms with Crippen LogP contribution < -0.4 is 0 Å². The van der Waals surface area contributed by atoms with Crippen molar-refractivity contribution in [1.29, 1.82) is 0 Å². The lowest BCUT2D eigenvalue weighted by Crippen LogP contribution is -2.46. The maximum atomic E-state index is 13.5. The van der Waals surface area contributed by atoms with Crippen LogP contribution in [0.1, 0.15) is 117 Å². The van der Waals surface area contributed by atoms with Gasteiger partial charge in [-0.3, -0.25) is 0 Å². The molecule has 0 spiro atoms. The van der Waals surface area contributed by atoms with E-state index in [0.717, 1.165) is 55.3 Å². The summed E-state index contributed by atoms with van der Waals surface area (Å²) in [4.78, 5) is 0. The van der Waals surface area contributed by atoms with E-state index in [1.54, 1.807) is 5.57 Å². The first kappa shape index (κ1) is 25.6. The molecule has 4 fully saturated rings. The molecule has 5 rings (SSSR count). The Morgan fingerprint density at radius 3 is 2.39 bits per heavy atom. The largest absolute Gasteiger partial charge is 0.393 e. The number of halogens is 2. The van der Waals surface area contributed by atoms with Crippen LogP contribution in [0, 0.1) is 35.0 Å². The number of hydrogen-bond donors (Lipinski definition) is 2. The van der Waals surface area contributed by atoms with Crippen molar-refractivity contribution in [3.8, 4) is 0 Å². The number of allylic oxidation sites excluding steroid dienone is 1. The smallest absolute Gasteiger partial charge is 0.248 e. The molecule has 33 heavy (non-hydrogen) atoms. The Bertz CT molecular complexity index is 694. The van der Waals surface area contributed by atoms with Crippen molar-refractivity contribution in [3.05, 3.63) is 11.6 Å². The van der Waals surface area contributed by atoms with Crippen LogP contribution in [-0.2, 0) is 0 Å². The van der Waals surface area contributed by atoms with Crippen LogP contribution in [0.25, 0.3) is 0 Å². The van der Waals surface area contributed by atoms with Crippen molar-refractivity contribution in [2.75, 3.05) is 0 Å². The zero-order valence-corrected chi connectivity index (χ0v) is 21.3. The minimum Gasteiger partial charge on any atom is -0.393 e. The molecule has 2 N–H and O–H groups in total. The molecular weight excluding hydrogens is 418 g/mol. The van der Waals surface area contributed by atoms with Crippen molar-refractivity contribution >= 4 is 0 Å². The van der Waals surface area contributed by atoms with Gasteiger partial charge in [0.05, 0.1) is 11.7 Å². The highest BCUT2D eigenvalue weighted by molar-refractivity contribution is 5.20. The predicted octanol–water partition coefficient (Wildman–Crippen LogP) is 7.67. The van der Waals surface area contributed by atoms with Gasteiger partial charge in [-0.15, -0.1) is 0 Å². The van der Waals surface area contributed by atoms with Gasteiger partial charge in [-0.05, 0) is 112 Å². The molecule has 0 aromatic heterocycles. The molecule has 0 aliphatic heterocycles. The maximum absolute atomic E-state index is 13.5. The zero-order chi connectivity index (χ0) is 23.9. The lowest BCUT2D eigenvalue weighted by atomic mass is 9.51. The van der Waals surface area contributed by atoms with Gasteiger partial charge in [0.2, 0.25) is 5.92 Å².